The smallest absolute Gasteiger partial charge is 0.148 e. The molecule has 116 valence electrons. The van der Waals surface area contributed by atoms with Crippen molar-refractivity contribution in [3.63, 3.8) is 0 Å². The van der Waals surface area contributed by atoms with Gasteiger partial charge in [0.1, 0.15) is 5.82 Å². The highest BCUT2D eigenvalue weighted by atomic mass is 16.5. The highest BCUT2D eigenvalue weighted by Gasteiger charge is 2.22. The maximum atomic E-state index is 5.84. The molecule has 0 aromatic carbocycles. The number of hydrogen-bond donors (Lipinski definition) is 2. The first-order valence-corrected chi connectivity index (χ1v) is 7.96. The largest absolute Gasteiger partial charge is 0.374 e. The lowest BCUT2D eigenvalue weighted by molar-refractivity contribution is -0.0224. The molecule has 2 aliphatic heterocycles. The summed E-state index contributed by atoms with van der Waals surface area (Å²) >= 11 is 0. The number of hydrogen-bond acceptors (Lipinski definition) is 6. The van der Waals surface area contributed by atoms with Crippen molar-refractivity contribution < 1.29 is 4.74 Å². The van der Waals surface area contributed by atoms with Gasteiger partial charge in [-0.25, -0.2) is 0 Å². The lowest BCUT2D eigenvalue weighted by atomic mass is 10.0. The number of nitrogens with one attached hydrogen (secondary N) is 2. The summed E-state index contributed by atoms with van der Waals surface area (Å²) in [6.45, 7) is 7.27. The van der Waals surface area contributed by atoms with Crippen LogP contribution in [0.15, 0.2) is 18.3 Å². The molecule has 0 saturated carbocycles. The molecule has 2 unspecified atom stereocenters. The van der Waals surface area contributed by atoms with Crippen LogP contribution in [0.25, 0.3) is 0 Å². The second-order valence-corrected chi connectivity index (χ2v) is 5.93. The van der Waals surface area contributed by atoms with Gasteiger partial charge in [-0.2, -0.15) is 5.10 Å². The van der Waals surface area contributed by atoms with Crippen molar-refractivity contribution in [2.24, 2.45) is 5.92 Å². The third-order valence-corrected chi connectivity index (χ3v) is 4.32. The lowest BCUT2D eigenvalue weighted by Crippen LogP contribution is -2.45. The zero-order valence-corrected chi connectivity index (χ0v) is 12.5. The minimum atomic E-state index is 0.238. The number of anilines is 1. The van der Waals surface area contributed by atoms with Crippen molar-refractivity contribution in [2.75, 3.05) is 51.2 Å². The zero-order chi connectivity index (χ0) is 14.3. The molecule has 6 nitrogen and oxygen atoms in total. The normalized spacial score (nSPS) is 26.9. The van der Waals surface area contributed by atoms with E-state index in [9.17, 15) is 0 Å². The Labute approximate surface area is 126 Å². The van der Waals surface area contributed by atoms with Crippen LogP contribution in [-0.2, 0) is 4.74 Å². The van der Waals surface area contributed by atoms with Gasteiger partial charge in [0, 0.05) is 25.8 Å². The van der Waals surface area contributed by atoms with Gasteiger partial charge in [-0.15, -0.1) is 5.10 Å². The van der Waals surface area contributed by atoms with Gasteiger partial charge in [-0.3, -0.25) is 4.90 Å². The van der Waals surface area contributed by atoms with Gasteiger partial charge < -0.3 is 15.4 Å². The van der Waals surface area contributed by atoms with Crippen LogP contribution in [0.4, 0.5) is 5.82 Å². The van der Waals surface area contributed by atoms with E-state index >= 15 is 0 Å². The summed E-state index contributed by atoms with van der Waals surface area (Å²) in [6, 6.07) is 3.82. The number of rotatable bonds is 6. The van der Waals surface area contributed by atoms with Crippen molar-refractivity contribution in [2.45, 2.75) is 18.9 Å². The SMILES string of the molecule is c1cnnc(NCC2CN(CCC3CCNC3)CCO2)c1. The van der Waals surface area contributed by atoms with E-state index in [0.29, 0.717) is 0 Å². The van der Waals surface area contributed by atoms with E-state index in [1.807, 2.05) is 12.1 Å². The van der Waals surface area contributed by atoms with Crippen LogP contribution in [0.2, 0.25) is 0 Å². The standard InChI is InChI=1S/C15H25N5O/c1-2-15(19-18-5-1)17-11-14-12-20(8-9-21-14)7-4-13-3-6-16-10-13/h1-2,5,13-14,16H,3-4,6-12H2,(H,17,19). The predicted molar refractivity (Wildman–Crippen MR) is 82.3 cm³/mol. The number of nitrogens with zero attached hydrogens (tertiary/aromatic N) is 3. The molecule has 2 N–H and O–H groups in total. The van der Waals surface area contributed by atoms with Crippen LogP contribution in [0.1, 0.15) is 12.8 Å². The van der Waals surface area contributed by atoms with Gasteiger partial charge in [0.2, 0.25) is 0 Å². The zero-order valence-electron chi connectivity index (χ0n) is 12.5. The van der Waals surface area contributed by atoms with Crippen LogP contribution >= 0.6 is 0 Å². The van der Waals surface area contributed by atoms with E-state index in [1.165, 1.54) is 32.5 Å². The molecule has 0 bridgehead atoms. The summed E-state index contributed by atoms with van der Waals surface area (Å²) in [5, 5.41) is 14.6. The Balaban J connectivity index is 1.38. The topological polar surface area (TPSA) is 62.3 Å². The number of aromatic nitrogens is 2. The van der Waals surface area contributed by atoms with Crippen LogP contribution < -0.4 is 10.6 Å². The van der Waals surface area contributed by atoms with Gasteiger partial charge in [0.25, 0.3) is 0 Å². The van der Waals surface area contributed by atoms with Crippen LogP contribution in [-0.4, -0.2) is 67.1 Å². The Kier molecular flexibility index (Phi) is 5.37. The van der Waals surface area contributed by atoms with Crippen molar-refractivity contribution in [1.29, 1.82) is 0 Å². The maximum absolute atomic E-state index is 5.84. The molecule has 2 atom stereocenters. The van der Waals surface area contributed by atoms with Gasteiger partial charge in [-0.1, -0.05) is 0 Å². The summed E-state index contributed by atoms with van der Waals surface area (Å²) in [5.74, 6) is 1.68. The number of morpholine rings is 1. The molecule has 0 spiro atoms. The third-order valence-electron chi connectivity index (χ3n) is 4.32. The summed E-state index contributed by atoms with van der Waals surface area (Å²) < 4.78 is 5.84. The van der Waals surface area contributed by atoms with E-state index in [1.54, 1.807) is 6.20 Å². The molecule has 1 aromatic rings. The fourth-order valence-electron chi connectivity index (χ4n) is 3.05. The van der Waals surface area contributed by atoms with Crippen LogP contribution in [0, 0.1) is 5.92 Å². The van der Waals surface area contributed by atoms with Crippen molar-refractivity contribution in [3.05, 3.63) is 18.3 Å². The molecule has 0 aliphatic carbocycles. The fourth-order valence-corrected chi connectivity index (χ4v) is 3.05. The highest BCUT2D eigenvalue weighted by molar-refractivity contribution is 5.31. The molecule has 3 heterocycles. The fraction of sp³-hybridized carbons (Fsp3) is 0.733. The first kappa shape index (κ1) is 14.7. The maximum Gasteiger partial charge on any atom is 0.148 e. The van der Waals surface area contributed by atoms with E-state index < -0.39 is 0 Å². The Bertz CT molecular complexity index is 410. The van der Waals surface area contributed by atoms with Gasteiger partial charge >= 0.3 is 0 Å². The van der Waals surface area contributed by atoms with Crippen molar-refractivity contribution in [1.82, 2.24) is 20.4 Å². The second kappa shape index (κ2) is 7.68. The minimum Gasteiger partial charge on any atom is -0.374 e. The second-order valence-electron chi connectivity index (χ2n) is 5.93. The highest BCUT2D eigenvalue weighted by Crippen LogP contribution is 2.14. The monoisotopic (exact) mass is 291 g/mol. The average molecular weight is 291 g/mol. The average Bonchev–Trinajstić information content (AvgIpc) is 3.06. The summed E-state index contributed by atoms with van der Waals surface area (Å²) in [5.41, 5.74) is 0. The predicted octanol–water partition coefficient (Wildman–Crippen LogP) is 0.589. The summed E-state index contributed by atoms with van der Waals surface area (Å²) in [6.07, 6.45) is 4.56. The molecular weight excluding hydrogens is 266 g/mol. The Morgan fingerprint density at radius 1 is 1.48 bits per heavy atom. The quantitative estimate of drug-likeness (QED) is 0.800. The van der Waals surface area contributed by atoms with Gasteiger partial charge in [0.15, 0.2) is 0 Å². The molecule has 6 heteroatoms. The minimum absolute atomic E-state index is 0.238. The number of ether oxygens (including phenoxy) is 1. The van der Waals surface area contributed by atoms with Crippen molar-refractivity contribution in [3.8, 4) is 0 Å². The van der Waals surface area contributed by atoms with Gasteiger partial charge in [0.05, 0.1) is 12.7 Å². The Morgan fingerprint density at radius 3 is 3.29 bits per heavy atom. The first-order chi connectivity index (χ1) is 10.4. The molecular formula is C15H25N5O. The van der Waals surface area contributed by atoms with Crippen molar-refractivity contribution >= 4 is 5.82 Å². The molecule has 0 radical (unpaired) electrons. The summed E-state index contributed by atoms with van der Waals surface area (Å²) in [4.78, 5) is 2.53. The van der Waals surface area contributed by atoms with E-state index in [-0.39, 0.29) is 6.10 Å². The molecule has 1 aromatic heterocycles. The Hall–Kier alpha value is -1.24. The lowest BCUT2D eigenvalue weighted by Gasteiger charge is -2.33. The molecule has 0 amide bonds. The third kappa shape index (κ3) is 4.62. The van der Waals surface area contributed by atoms with Crippen LogP contribution in [0.3, 0.4) is 0 Å². The molecule has 2 fully saturated rings. The van der Waals surface area contributed by atoms with Crippen LogP contribution in [0.5, 0.6) is 0 Å². The molecule has 2 saturated heterocycles. The van der Waals surface area contributed by atoms with E-state index in [0.717, 1.165) is 38.0 Å². The van der Waals surface area contributed by atoms with E-state index in [4.69, 9.17) is 4.74 Å². The molecule has 21 heavy (non-hydrogen) atoms. The molecule has 3 rings (SSSR count). The van der Waals surface area contributed by atoms with E-state index in [2.05, 4.69) is 25.7 Å². The van der Waals surface area contributed by atoms with Gasteiger partial charge in [-0.05, 0) is 50.5 Å². The summed E-state index contributed by atoms with van der Waals surface area (Å²) in [7, 11) is 0. The first-order valence-electron chi connectivity index (χ1n) is 7.96. The molecule has 2 aliphatic rings. The Morgan fingerprint density at radius 2 is 2.48 bits per heavy atom.